The Hall–Kier alpha value is -0.863. The molecule has 0 aliphatic rings. The van der Waals surface area contributed by atoms with Crippen molar-refractivity contribution >= 4 is 8.07 Å². The molecular formula is C20H36OSi. The quantitative estimate of drug-likeness (QED) is 0.273. The SMILES string of the molecule is C/C=C/C/C=C(/C)C/C(=C/[Si](C)(C)C)C/C=C\CCCCO. The van der Waals surface area contributed by atoms with Gasteiger partial charge >= 0.3 is 0 Å². The Morgan fingerprint density at radius 1 is 1.05 bits per heavy atom. The maximum atomic E-state index is 8.79. The van der Waals surface area contributed by atoms with Crippen LogP contribution in [0.15, 0.2) is 47.2 Å². The van der Waals surface area contributed by atoms with Crippen LogP contribution in [0.5, 0.6) is 0 Å². The van der Waals surface area contributed by atoms with Crippen molar-refractivity contribution in [2.45, 2.75) is 72.0 Å². The summed E-state index contributed by atoms with van der Waals surface area (Å²) in [7, 11) is -1.18. The molecule has 0 fully saturated rings. The Morgan fingerprint density at radius 3 is 2.36 bits per heavy atom. The van der Waals surface area contributed by atoms with Gasteiger partial charge in [-0.25, -0.2) is 0 Å². The van der Waals surface area contributed by atoms with Crippen molar-refractivity contribution in [3.05, 3.63) is 47.2 Å². The molecule has 0 radical (unpaired) electrons. The first kappa shape index (κ1) is 21.1. The van der Waals surface area contributed by atoms with Crippen LogP contribution in [0.4, 0.5) is 0 Å². The third-order valence-electron chi connectivity index (χ3n) is 3.31. The fourth-order valence-electron chi connectivity index (χ4n) is 2.36. The number of aliphatic hydroxyl groups is 1. The zero-order valence-corrected chi connectivity index (χ0v) is 16.4. The van der Waals surface area contributed by atoms with Gasteiger partial charge in [0.05, 0.1) is 8.07 Å². The van der Waals surface area contributed by atoms with E-state index in [-0.39, 0.29) is 0 Å². The van der Waals surface area contributed by atoms with Crippen LogP contribution in [0.1, 0.15) is 52.4 Å². The van der Waals surface area contributed by atoms with E-state index >= 15 is 0 Å². The smallest absolute Gasteiger partial charge is 0.0686 e. The van der Waals surface area contributed by atoms with Crippen LogP contribution in [0.2, 0.25) is 19.6 Å². The normalized spacial score (nSPS) is 14.5. The predicted octanol–water partition coefficient (Wildman–Crippen LogP) is 6.20. The number of unbranched alkanes of at least 4 members (excludes halogenated alkanes) is 2. The van der Waals surface area contributed by atoms with Crippen molar-refractivity contribution < 1.29 is 5.11 Å². The lowest BCUT2D eigenvalue weighted by atomic mass is 10.0. The number of hydrogen-bond donors (Lipinski definition) is 1. The molecule has 0 aromatic carbocycles. The van der Waals surface area contributed by atoms with Gasteiger partial charge in [0.1, 0.15) is 0 Å². The van der Waals surface area contributed by atoms with Gasteiger partial charge < -0.3 is 5.11 Å². The van der Waals surface area contributed by atoms with Gasteiger partial charge in [0, 0.05) is 6.61 Å². The zero-order chi connectivity index (χ0) is 16.8. The molecule has 0 unspecified atom stereocenters. The summed E-state index contributed by atoms with van der Waals surface area (Å²) in [6.07, 6.45) is 17.5. The van der Waals surface area contributed by atoms with Gasteiger partial charge in [-0.1, -0.05) is 66.9 Å². The first-order valence-corrected chi connectivity index (χ1v) is 12.2. The molecule has 0 rings (SSSR count). The van der Waals surface area contributed by atoms with E-state index in [4.69, 9.17) is 5.11 Å². The minimum atomic E-state index is -1.18. The van der Waals surface area contributed by atoms with E-state index in [9.17, 15) is 0 Å². The maximum absolute atomic E-state index is 8.79. The molecule has 0 saturated heterocycles. The minimum Gasteiger partial charge on any atom is -0.396 e. The van der Waals surface area contributed by atoms with E-state index in [1.807, 2.05) is 0 Å². The highest BCUT2D eigenvalue weighted by Crippen LogP contribution is 2.19. The Balaban J connectivity index is 4.58. The Morgan fingerprint density at radius 2 is 1.77 bits per heavy atom. The molecule has 0 saturated carbocycles. The molecule has 1 nitrogen and oxygen atoms in total. The van der Waals surface area contributed by atoms with Gasteiger partial charge in [-0.15, -0.1) is 0 Å². The highest BCUT2D eigenvalue weighted by molar-refractivity contribution is 6.81. The van der Waals surface area contributed by atoms with Crippen molar-refractivity contribution in [2.24, 2.45) is 0 Å². The molecule has 0 bridgehead atoms. The van der Waals surface area contributed by atoms with E-state index < -0.39 is 8.07 Å². The van der Waals surface area contributed by atoms with E-state index in [1.165, 1.54) is 5.57 Å². The molecule has 0 aromatic heterocycles. The fraction of sp³-hybridized carbons (Fsp3) is 0.600. The van der Waals surface area contributed by atoms with Crippen LogP contribution in [0.25, 0.3) is 0 Å². The van der Waals surface area contributed by atoms with Crippen LogP contribution < -0.4 is 0 Å². The monoisotopic (exact) mass is 320 g/mol. The highest BCUT2D eigenvalue weighted by atomic mass is 28.3. The van der Waals surface area contributed by atoms with Crippen molar-refractivity contribution in [3.63, 3.8) is 0 Å². The summed E-state index contributed by atoms with van der Waals surface area (Å²) in [5.74, 6) is 0. The molecule has 0 aliphatic heterocycles. The lowest BCUT2D eigenvalue weighted by molar-refractivity contribution is 0.285. The lowest BCUT2D eigenvalue weighted by Gasteiger charge is -2.14. The molecule has 0 spiro atoms. The summed E-state index contributed by atoms with van der Waals surface area (Å²) in [5.41, 5.74) is 5.58. The number of aliphatic hydroxyl groups excluding tert-OH is 1. The standard InChI is InChI=1S/C20H36OSi/c1-6-7-11-14-19(2)17-20(18-22(3,4)5)15-12-9-8-10-13-16-21/h6-7,9,12,14,18,21H,8,10-11,13,15-17H2,1-5H3/b7-6+,12-9-,19-14-,20-18+. The first-order chi connectivity index (χ1) is 10.4. The second kappa shape index (κ2) is 12.7. The average molecular weight is 321 g/mol. The molecule has 0 atom stereocenters. The summed E-state index contributed by atoms with van der Waals surface area (Å²) >= 11 is 0. The van der Waals surface area contributed by atoms with Crippen molar-refractivity contribution in [3.8, 4) is 0 Å². The van der Waals surface area contributed by atoms with Gasteiger partial charge in [-0.3, -0.25) is 0 Å². The van der Waals surface area contributed by atoms with Crippen molar-refractivity contribution in [1.82, 2.24) is 0 Å². The lowest BCUT2D eigenvalue weighted by Crippen LogP contribution is -2.17. The summed E-state index contributed by atoms with van der Waals surface area (Å²) in [5, 5.41) is 8.79. The summed E-state index contributed by atoms with van der Waals surface area (Å²) in [6, 6.07) is 0. The number of rotatable bonds is 11. The Labute approximate surface area is 139 Å². The third kappa shape index (κ3) is 14.1. The van der Waals surface area contributed by atoms with Gasteiger partial charge in [-0.05, 0) is 52.4 Å². The van der Waals surface area contributed by atoms with E-state index in [0.717, 1.165) is 38.5 Å². The second-order valence-corrected chi connectivity index (χ2v) is 12.1. The summed E-state index contributed by atoms with van der Waals surface area (Å²) in [4.78, 5) is 0. The number of allylic oxidation sites excluding steroid dienone is 7. The fourth-order valence-corrected chi connectivity index (χ4v) is 3.80. The molecular weight excluding hydrogens is 284 g/mol. The summed E-state index contributed by atoms with van der Waals surface area (Å²) < 4.78 is 0. The van der Waals surface area contributed by atoms with Gasteiger partial charge in [0.2, 0.25) is 0 Å². The molecule has 0 aromatic rings. The largest absolute Gasteiger partial charge is 0.396 e. The van der Waals surface area contributed by atoms with E-state index in [1.54, 1.807) is 5.57 Å². The van der Waals surface area contributed by atoms with Crippen LogP contribution in [0, 0.1) is 0 Å². The topological polar surface area (TPSA) is 20.2 Å². The van der Waals surface area contributed by atoms with Crippen LogP contribution >= 0.6 is 0 Å². The predicted molar refractivity (Wildman–Crippen MR) is 104 cm³/mol. The minimum absolute atomic E-state index is 0.310. The van der Waals surface area contributed by atoms with Gasteiger partial charge in [-0.2, -0.15) is 0 Å². The third-order valence-corrected chi connectivity index (χ3v) is 4.58. The zero-order valence-electron chi connectivity index (χ0n) is 15.4. The van der Waals surface area contributed by atoms with Crippen molar-refractivity contribution in [2.75, 3.05) is 6.61 Å². The van der Waals surface area contributed by atoms with Crippen LogP contribution in [0.3, 0.4) is 0 Å². The van der Waals surface area contributed by atoms with Crippen LogP contribution in [-0.2, 0) is 0 Å². The van der Waals surface area contributed by atoms with Gasteiger partial charge in [0.25, 0.3) is 0 Å². The molecule has 22 heavy (non-hydrogen) atoms. The maximum Gasteiger partial charge on any atom is 0.0686 e. The molecule has 1 N–H and O–H groups in total. The van der Waals surface area contributed by atoms with Crippen molar-refractivity contribution in [1.29, 1.82) is 0 Å². The van der Waals surface area contributed by atoms with E-state index in [2.05, 4.69) is 69.6 Å². The summed E-state index contributed by atoms with van der Waals surface area (Å²) in [6.45, 7) is 11.8. The second-order valence-electron chi connectivity index (χ2n) is 7.10. The first-order valence-electron chi connectivity index (χ1n) is 8.62. The highest BCUT2D eigenvalue weighted by Gasteiger charge is 2.10. The van der Waals surface area contributed by atoms with Gasteiger partial charge in [0.15, 0.2) is 0 Å². The molecule has 0 aliphatic carbocycles. The molecule has 0 heterocycles. The Bertz CT molecular complexity index is 394. The molecule has 0 amide bonds. The molecule has 2 heteroatoms. The molecule has 126 valence electrons. The Kier molecular flexibility index (Phi) is 12.2. The number of hydrogen-bond acceptors (Lipinski definition) is 1. The van der Waals surface area contributed by atoms with Crippen LogP contribution in [-0.4, -0.2) is 19.8 Å². The average Bonchev–Trinajstić information content (AvgIpc) is 2.41. The van der Waals surface area contributed by atoms with E-state index in [0.29, 0.717) is 6.61 Å².